The molecule has 1 N–H and O–H groups in total. The number of allylic oxidation sites excluding steroid dienone is 2. The molecule has 0 aromatic heterocycles. The highest BCUT2D eigenvalue weighted by Gasteiger charge is 2.39. The molecular weight excluding hydrogens is 389 g/mol. The van der Waals surface area contributed by atoms with Gasteiger partial charge in [-0.2, -0.15) is 0 Å². The average Bonchev–Trinajstić information content (AvgIpc) is 3.18. The zero-order valence-corrected chi connectivity index (χ0v) is 17.8. The van der Waals surface area contributed by atoms with Crippen LogP contribution in [0.4, 0.5) is 5.69 Å². The summed E-state index contributed by atoms with van der Waals surface area (Å²) < 4.78 is 6.02. The van der Waals surface area contributed by atoms with Crippen LogP contribution in [0.3, 0.4) is 0 Å². The normalized spacial score (nSPS) is 22.5. The van der Waals surface area contributed by atoms with Crippen LogP contribution in [0.15, 0.2) is 48.6 Å². The van der Waals surface area contributed by atoms with Crippen molar-refractivity contribution in [1.82, 2.24) is 0 Å². The first-order valence-corrected chi connectivity index (χ1v) is 11.1. The lowest BCUT2D eigenvalue weighted by Gasteiger charge is -2.38. The van der Waals surface area contributed by atoms with Crippen LogP contribution < -0.4 is 10.1 Å². The number of hydrogen-bond acceptors (Lipinski definition) is 2. The second kappa shape index (κ2) is 8.80. The van der Waals surface area contributed by atoms with E-state index in [0.717, 1.165) is 46.5 Å². The van der Waals surface area contributed by atoms with Gasteiger partial charge in [-0.05, 0) is 54.7 Å². The van der Waals surface area contributed by atoms with E-state index in [2.05, 4.69) is 42.6 Å². The van der Waals surface area contributed by atoms with Gasteiger partial charge in [-0.1, -0.05) is 67.6 Å². The van der Waals surface area contributed by atoms with Gasteiger partial charge in [-0.3, -0.25) is 0 Å². The van der Waals surface area contributed by atoms with E-state index in [1.807, 2.05) is 18.2 Å². The Morgan fingerprint density at radius 2 is 1.89 bits per heavy atom. The maximum absolute atomic E-state index is 6.53. The first-order chi connectivity index (χ1) is 13.7. The SMILES string of the molecule is CCCCCCOc1ccc2c(c1)C1C=CCC1C(c1c(Cl)cccc1Cl)N2. The Bertz CT molecular complexity index is 843. The Balaban J connectivity index is 1.57. The fourth-order valence-corrected chi connectivity index (χ4v) is 5.11. The van der Waals surface area contributed by atoms with Gasteiger partial charge < -0.3 is 10.1 Å². The third-order valence-corrected chi connectivity index (χ3v) is 6.57. The molecule has 1 aliphatic heterocycles. The van der Waals surface area contributed by atoms with Gasteiger partial charge in [-0.15, -0.1) is 0 Å². The maximum Gasteiger partial charge on any atom is 0.119 e. The number of halogens is 2. The minimum atomic E-state index is 0.106. The predicted molar refractivity (Wildman–Crippen MR) is 119 cm³/mol. The summed E-state index contributed by atoms with van der Waals surface area (Å²) in [6.45, 7) is 3.01. The van der Waals surface area contributed by atoms with Gasteiger partial charge >= 0.3 is 0 Å². The summed E-state index contributed by atoms with van der Waals surface area (Å²) in [5, 5.41) is 5.17. The molecule has 1 aliphatic carbocycles. The number of anilines is 1. The molecule has 4 rings (SSSR count). The number of rotatable bonds is 7. The minimum absolute atomic E-state index is 0.106. The molecular formula is C24H27Cl2NO. The smallest absolute Gasteiger partial charge is 0.119 e. The highest BCUT2D eigenvalue weighted by molar-refractivity contribution is 6.36. The van der Waals surface area contributed by atoms with E-state index >= 15 is 0 Å². The molecule has 0 saturated heterocycles. The summed E-state index contributed by atoms with van der Waals surface area (Å²) in [4.78, 5) is 0. The highest BCUT2D eigenvalue weighted by Crippen LogP contribution is 2.52. The number of benzene rings is 2. The second-order valence-electron chi connectivity index (χ2n) is 7.77. The van der Waals surface area contributed by atoms with Crippen molar-refractivity contribution in [3.8, 4) is 5.75 Å². The van der Waals surface area contributed by atoms with Crippen LogP contribution in [0.5, 0.6) is 5.75 Å². The van der Waals surface area contributed by atoms with Gasteiger partial charge in [-0.25, -0.2) is 0 Å². The second-order valence-corrected chi connectivity index (χ2v) is 8.58. The Kier molecular flexibility index (Phi) is 6.18. The number of ether oxygens (including phenoxy) is 1. The van der Waals surface area contributed by atoms with Crippen molar-refractivity contribution in [3.63, 3.8) is 0 Å². The third-order valence-electron chi connectivity index (χ3n) is 5.91. The minimum Gasteiger partial charge on any atom is -0.494 e. The lowest BCUT2D eigenvalue weighted by atomic mass is 9.77. The van der Waals surface area contributed by atoms with Gasteiger partial charge in [0.15, 0.2) is 0 Å². The van der Waals surface area contributed by atoms with Gasteiger partial charge in [0.1, 0.15) is 5.75 Å². The van der Waals surface area contributed by atoms with Crippen LogP contribution in [0.25, 0.3) is 0 Å². The van der Waals surface area contributed by atoms with E-state index in [4.69, 9.17) is 27.9 Å². The Morgan fingerprint density at radius 1 is 1.07 bits per heavy atom. The molecule has 3 unspecified atom stereocenters. The van der Waals surface area contributed by atoms with E-state index in [1.165, 1.54) is 24.8 Å². The summed E-state index contributed by atoms with van der Waals surface area (Å²) in [5.41, 5.74) is 3.46. The molecule has 1 heterocycles. The van der Waals surface area contributed by atoms with Crippen molar-refractivity contribution in [3.05, 3.63) is 69.7 Å². The lowest BCUT2D eigenvalue weighted by Crippen LogP contribution is -2.29. The van der Waals surface area contributed by atoms with Crippen molar-refractivity contribution in [1.29, 1.82) is 0 Å². The van der Waals surface area contributed by atoms with Gasteiger partial charge in [0.05, 0.1) is 12.6 Å². The predicted octanol–water partition coefficient (Wildman–Crippen LogP) is 7.78. The Hall–Kier alpha value is -1.64. The van der Waals surface area contributed by atoms with E-state index in [-0.39, 0.29) is 6.04 Å². The van der Waals surface area contributed by atoms with Gasteiger partial charge in [0, 0.05) is 27.2 Å². The molecule has 2 aromatic rings. The van der Waals surface area contributed by atoms with Crippen LogP contribution in [-0.2, 0) is 0 Å². The first kappa shape index (κ1) is 19.7. The van der Waals surface area contributed by atoms with Crippen molar-refractivity contribution >= 4 is 28.9 Å². The van der Waals surface area contributed by atoms with Gasteiger partial charge in [0.2, 0.25) is 0 Å². The highest BCUT2D eigenvalue weighted by atomic mass is 35.5. The largest absolute Gasteiger partial charge is 0.494 e. The molecule has 2 nitrogen and oxygen atoms in total. The summed E-state index contributed by atoms with van der Waals surface area (Å²) in [7, 11) is 0. The number of nitrogens with one attached hydrogen (secondary N) is 1. The van der Waals surface area contributed by atoms with Crippen LogP contribution in [0, 0.1) is 5.92 Å². The summed E-state index contributed by atoms with van der Waals surface area (Å²) >= 11 is 13.1. The summed E-state index contributed by atoms with van der Waals surface area (Å²) in [6, 6.07) is 12.3. The molecule has 2 aliphatic rings. The van der Waals surface area contributed by atoms with Crippen molar-refractivity contribution in [2.75, 3.05) is 11.9 Å². The van der Waals surface area contributed by atoms with E-state index in [1.54, 1.807) is 0 Å². The molecule has 0 radical (unpaired) electrons. The number of unbranched alkanes of at least 4 members (excludes halogenated alkanes) is 3. The standard InChI is InChI=1S/C24H27Cl2NO/c1-2-3-4-5-14-28-16-12-13-22-19(15-16)17-8-6-9-18(17)24(27-22)23-20(25)10-7-11-21(23)26/h6-8,10-13,15,17-18,24,27H,2-5,9,14H2,1H3. The van der Waals surface area contributed by atoms with Gasteiger partial charge in [0.25, 0.3) is 0 Å². The third kappa shape index (κ3) is 3.90. The molecule has 2 aromatic carbocycles. The van der Waals surface area contributed by atoms with Crippen LogP contribution >= 0.6 is 23.2 Å². The van der Waals surface area contributed by atoms with Crippen molar-refractivity contribution in [2.45, 2.75) is 51.0 Å². The number of hydrogen-bond donors (Lipinski definition) is 1. The van der Waals surface area contributed by atoms with E-state index in [9.17, 15) is 0 Å². The molecule has 28 heavy (non-hydrogen) atoms. The first-order valence-electron chi connectivity index (χ1n) is 10.3. The maximum atomic E-state index is 6.53. The van der Waals surface area contributed by atoms with Crippen molar-refractivity contribution < 1.29 is 4.74 Å². The molecule has 0 spiro atoms. The van der Waals surface area contributed by atoms with Crippen LogP contribution in [0.2, 0.25) is 10.0 Å². The van der Waals surface area contributed by atoms with E-state index in [0.29, 0.717) is 11.8 Å². The zero-order valence-electron chi connectivity index (χ0n) is 16.3. The van der Waals surface area contributed by atoms with E-state index < -0.39 is 0 Å². The fraction of sp³-hybridized carbons (Fsp3) is 0.417. The molecule has 0 fully saturated rings. The average molecular weight is 416 g/mol. The molecule has 3 atom stereocenters. The zero-order chi connectivity index (χ0) is 19.5. The van der Waals surface area contributed by atoms with Crippen LogP contribution in [0.1, 0.15) is 62.1 Å². The molecule has 0 amide bonds. The summed E-state index contributed by atoms with van der Waals surface area (Å²) in [5.74, 6) is 1.73. The molecule has 0 bridgehead atoms. The summed E-state index contributed by atoms with van der Waals surface area (Å²) in [6.07, 6.45) is 10.5. The lowest BCUT2D eigenvalue weighted by molar-refractivity contribution is 0.304. The Labute approximate surface area is 177 Å². The number of fused-ring (bicyclic) bond motifs is 3. The monoisotopic (exact) mass is 415 g/mol. The van der Waals surface area contributed by atoms with Crippen molar-refractivity contribution in [2.24, 2.45) is 5.92 Å². The fourth-order valence-electron chi connectivity index (χ4n) is 4.47. The van der Waals surface area contributed by atoms with Crippen LogP contribution in [-0.4, -0.2) is 6.61 Å². The Morgan fingerprint density at radius 3 is 2.68 bits per heavy atom. The quantitative estimate of drug-likeness (QED) is 0.368. The topological polar surface area (TPSA) is 21.3 Å². The molecule has 148 valence electrons. The molecule has 4 heteroatoms. The molecule has 0 saturated carbocycles.